The summed E-state index contributed by atoms with van der Waals surface area (Å²) >= 11 is 5.01. The Balaban J connectivity index is 2.19. The second-order valence-corrected chi connectivity index (χ2v) is 5.02. The van der Waals surface area contributed by atoms with E-state index in [1.54, 1.807) is 0 Å². The molecule has 2 rings (SSSR count). The van der Waals surface area contributed by atoms with Crippen LogP contribution in [0.25, 0.3) is 0 Å². The molecule has 0 bridgehead atoms. The Morgan fingerprint density at radius 2 is 2.16 bits per heavy atom. The fourth-order valence-corrected chi connectivity index (χ4v) is 2.20. The van der Waals surface area contributed by atoms with E-state index in [0.29, 0.717) is 4.99 Å². The summed E-state index contributed by atoms with van der Waals surface area (Å²) < 4.78 is 0. The zero-order chi connectivity index (χ0) is 13.8. The third kappa shape index (κ3) is 3.29. The molecule has 0 saturated heterocycles. The summed E-state index contributed by atoms with van der Waals surface area (Å²) in [5, 5.41) is 0. The van der Waals surface area contributed by atoms with Crippen LogP contribution in [0.3, 0.4) is 0 Å². The van der Waals surface area contributed by atoms with Crippen molar-refractivity contribution >= 4 is 22.9 Å². The SMILES string of the molecule is Cc1cnccc1N(C)Cc1cccc(C(N)=S)c1. The predicted molar refractivity (Wildman–Crippen MR) is 83.4 cm³/mol. The summed E-state index contributed by atoms with van der Waals surface area (Å²) in [6.45, 7) is 2.87. The van der Waals surface area contributed by atoms with Gasteiger partial charge in [0.05, 0.1) is 0 Å². The Kier molecular flexibility index (Phi) is 4.12. The van der Waals surface area contributed by atoms with Crippen molar-refractivity contribution in [3.8, 4) is 0 Å². The molecule has 0 atom stereocenters. The second kappa shape index (κ2) is 5.80. The number of rotatable bonds is 4. The number of pyridine rings is 1. The topological polar surface area (TPSA) is 42.2 Å². The molecule has 1 aromatic carbocycles. The highest BCUT2D eigenvalue weighted by Gasteiger charge is 2.06. The number of anilines is 1. The van der Waals surface area contributed by atoms with E-state index in [1.807, 2.05) is 36.7 Å². The molecule has 0 aliphatic carbocycles. The van der Waals surface area contributed by atoms with Crippen LogP contribution in [0.2, 0.25) is 0 Å². The molecule has 2 N–H and O–H groups in total. The molecule has 0 saturated carbocycles. The minimum atomic E-state index is 0.435. The van der Waals surface area contributed by atoms with Gasteiger partial charge in [-0.25, -0.2) is 0 Å². The van der Waals surface area contributed by atoms with Crippen molar-refractivity contribution in [3.63, 3.8) is 0 Å². The maximum absolute atomic E-state index is 5.66. The van der Waals surface area contributed by atoms with E-state index in [-0.39, 0.29) is 0 Å². The molecule has 0 aliphatic heterocycles. The van der Waals surface area contributed by atoms with Gasteiger partial charge in [0.2, 0.25) is 0 Å². The second-order valence-electron chi connectivity index (χ2n) is 4.58. The van der Waals surface area contributed by atoms with Crippen LogP contribution in [0.1, 0.15) is 16.7 Å². The molecule has 4 heteroatoms. The monoisotopic (exact) mass is 271 g/mol. The highest BCUT2D eigenvalue weighted by molar-refractivity contribution is 7.80. The van der Waals surface area contributed by atoms with E-state index in [4.69, 9.17) is 18.0 Å². The molecular formula is C15H17N3S. The first kappa shape index (κ1) is 13.5. The van der Waals surface area contributed by atoms with Gasteiger partial charge in [0.15, 0.2) is 0 Å². The maximum Gasteiger partial charge on any atom is 0.103 e. The molecule has 1 aromatic heterocycles. The number of nitrogens with zero attached hydrogens (tertiary/aromatic N) is 2. The van der Waals surface area contributed by atoms with Crippen molar-refractivity contribution in [3.05, 3.63) is 59.4 Å². The molecule has 0 aliphatic rings. The van der Waals surface area contributed by atoms with E-state index in [1.165, 1.54) is 11.3 Å². The number of aryl methyl sites for hydroxylation is 1. The lowest BCUT2D eigenvalue weighted by molar-refractivity contribution is 0.914. The molecule has 0 amide bonds. The molecule has 3 nitrogen and oxygen atoms in total. The predicted octanol–water partition coefficient (Wildman–Crippen LogP) is 2.66. The van der Waals surface area contributed by atoms with Crippen LogP contribution in [0.15, 0.2) is 42.7 Å². The van der Waals surface area contributed by atoms with Gasteiger partial charge in [-0.05, 0) is 30.2 Å². The lowest BCUT2D eigenvalue weighted by Crippen LogP contribution is -2.18. The highest BCUT2D eigenvalue weighted by Crippen LogP contribution is 2.19. The van der Waals surface area contributed by atoms with E-state index in [9.17, 15) is 0 Å². The van der Waals surface area contributed by atoms with Gasteiger partial charge < -0.3 is 10.6 Å². The smallest absolute Gasteiger partial charge is 0.103 e. The normalized spacial score (nSPS) is 10.2. The van der Waals surface area contributed by atoms with Gasteiger partial charge in [-0.2, -0.15) is 0 Å². The Bertz CT molecular complexity index is 595. The van der Waals surface area contributed by atoms with E-state index in [0.717, 1.165) is 17.7 Å². The molecule has 0 radical (unpaired) electrons. The third-order valence-corrected chi connectivity index (χ3v) is 3.27. The van der Waals surface area contributed by atoms with Crippen LogP contribution in [-0.4, -0.2) is 17.0 Å². The van der Waals surface area contributed by atoms with Crippen LogP contribution in [0, 0.1) is 6.92 Å². The van der Waals surface area contributed by atoms with Crippen LogP contribution in [-0.2, 0) is 6.54 Å². The Morgan fingerprint density at radius 3 is 2.84 bits per heavy atom. The average molecular weight is 271 g/mol. The number of thiocarbonyl (C=S) groups is 1. The fraction of sp³-hybridized carbons (Fsp3) is 0.200. The van der Waals surface area contributed by atoms with Crippen LogP contribution in [0.4, 0.5) is 5.69 Å². The summed E-state index contributed by atoms with van der Waals surface area (Å²) in [6.07, 6.45) is 3.68. The maximum atomic E-state index is 5.66. The van der Waals surface area contributed by atoms with Crippen molar-refractivity contribution < 1.29 is 0 Å². The van der Waals surface area contributed by atoms with Crippen LogP contribution < -0.4 is 10.6 Å². The first-order valence-corrected chi connectivity index (χ1v) is 6.49. The van der Waals surface area contributed by atoms with Crippen LogP contribution in [0.5, 0.6) is 0 Å². The fourth-order valence-electron chi connectivity index (χ4n) is 2.08. The van der Waals surface area contributed by atoms with Crippen molar-refractivity contribution in [2.45, 2.75) is 13.5 Å². The van der Waals surface area contributed by atoms with Crippen molar-refractivity contribution in [2.24, 2.45) is 5.73 Å². The van der Waals surface area contributed by atoms with Gasteiger partial charge in [0.1, 0.15) is 4.99 Å². The average Bonchev–Trinajstić information content (AvgIpc) is 2.39. The highest BCUT2D eigenvalue weighted by atomic mass is 32.1. The van der Waals surface area contributed by atoms with Gasteiger partial charge in [-0.15, -0.1) is 0 Å². The standard InChI is InChI=1S/C15H17N3S/c1-11-9-17-7-6-14(11)18(2)10-12-4-3-5-13(8-12)15(16)19/h3-9H,10H2,1-2H3,(H2,16,19). The first-order chi connectivity index (χ1) is 9.08. The zero-order valence-corrected chi connectivity index (χ0v) is 11.9. The molecule has 0 spiro atoms. The van der Waals surface area contributed by atoms with Crippen LogP contribution >= 0.6 is 12.2 Å². The van der Waals surface area contributed by atoms with Crippen molar-refractivity contribution in [1.82, 2.24) is 4.98 Å². The largest absolute Gasteiger partial charge is 0.389 e. The molecule has 2 aromatic rings. The number of hydrogen-bond donors (Lipinski definition) is 1. The summed E-state index contributed by atoms with van der Waals surface area (Å²) in [4.78, 5) is 6.74. The summed E-state index contributed by atoms with van der Waals surface area (Å²) in [7, 11) is 2.07. The van der Waals surface area contributed by atoms with E-state index >= 15 is 0 Å². The lowest BCUT2D eigenvalue weighted by Gasteiger charge is -2.21. The van der Waals surface area contributed by atoms with Gasteiger partial charge in [-0.1, -0.05) is 30.4 Å². The number of hydrogen-bond acceptors (Lipinski definition) is 3. The van der Waals surface area contributed by atoms with E-state index < -0.39 is 0 Å². The Morgan fingerprint density at radius 1 is 1.37 bits per heavy atom. The number of aromatic nitrogens is 1. The molecule has 19 heavy (non-hydrogen) atoms. The summed E-state index contributed by atoms with van der Waals surface area (Å²) in [5.74, 6) is 0. The Hall–Kier alpha value is -1.94. The minimum Gasteiger partial charge on any atom is -0.389 e. The van der Waals surface area contributed by atoms with Crippen molar-refractivity contribution in [2.75, 3.05) is 11.9 Å². The summed E-state index contributed by atoms with van der Waals surface area (Å²) in [5.41, 5.74) is 10.1. The Labute approximate surface area is 119 Å². The number of benzene rings is 1. The molecule has 1 heterocycles. The van der Waals surface area contributed by atoms with Crippen molar-refractivity contribution in [1.29, 1.82) is 0 Å². The summed E-state index contributed by atoms with van der Waals surface area (Å²) in [6, 6.07) is 10.1. The number of nitrogens with two attached hydrogens (primary N) is 1. The molecule has 0 fully saturated rings. The lowest BCUT2D eigenvalue weighted by atomic mass is 10.1. The minimum absolute atomic E-state index is 0.435. The molecule has 98 valence electrons. The van der Waals surface area contributed by atoms with Gasteiger partial charge in [0.25, 0.3) is 0 Å². The van der Waals surface area contributed by atoms with Gasteiger partial charge in [0, 0.05) is 37.2 Å². The molecular weight excluding hydrogens is 254 g/mol. The quantitative estimate of drug-likeness (QED) is 0.868. The van der Waals surface area contributed by atoms with Gasteiger partial charge >= 0.3 is 0 Å². The zero-order valence-electron chi connectivity index (χ0n) is 11.1. The third-order valence-electron chi connectivity index (χ3n) is 3.03. The van der Waals surface area contributed by atoms with E-state index in [2.05, 4.69) is 29.9 Å². The van der Waals surface area contributed by atoms with Gasteiger partial charge in [-0.3, -0.25) is 4.98 Å². The molecule has 0 unspecified atom stereocenters. The first-order valence-electron chi connectivity index (χ1n) is 6.08.